The first kappa shape index (κ1) is 23.0. The van der Waals surface area contributed by atoms with Crippen LogP contribution in [0.4, 0.5) is 0 Å². The van der Waals surface area contributed by atoms with Crippen LogP contribution in [0.1, 0.15) is 95.1 Å². The number of unbranched alkanes of at least 4 members (excludes halogenated alkanes) is 2. The number of ether oxygens (including phenoxy) is 1. The molecular weight excluding hydrogens is 402 g/mol. The predicted molar refractivity (Wildman–Crippen MR) is 122 cm³/mol. The second kappa shape index (κ2) is 9.73. The quantitative estimate of drug-likeness (QED) is 0.449. The molecule has 2 N–H and O–H groups in total. The van der Waals surface area contributed by atoms with Crippen LogP contribution in [-0.2, 0) is 20.7 Å². The Hall–Kier alpha value is -2.22. The largest absolute Gasteiger partial charge is 0.501 e. The third-order valence-corrected chi connectivity index (χ3v) is 8.38. The molecule has 0 aromatic heterocycles. The second-order valence-corrected chi connectivity index (χ2v) is 10.3. The van der Waals surface area contributed by atoms with Gasteiger partial charge in [0.2, 0.25) is 5.91 Å². The molecule has 3 aliphatic rings. The average Bonchev–Trinajstić information content (AvgIpc) is 3.11. The summed E-state index contributed by atoms with van der Waals surface area (Å²) >= 11 is 0. The van der Waals surface area contributed by atoms with Crippen molar-refractivity contribution in [2.75, 3.05) is 6.54 Å². The molecule has 3 aliphatic carbocycles. The van der Waals surface area contributed by atoms with E-state index in [0.717, 1.165) is 57.8 Å². The fourth-order valence-corrected chi connectivity index (χ4v) is 6.67. The van der Waals surface area contributed by atoms with Crippen LogP contribution in [0, 0.1) is 29.4 Å². The molecule has 5 unspecified atom stereocenters. The summed E-state index contributed by atoms with van der Waals surface area (Å²) in [7, 11) is 0. The molecule has 1 amide bonds. The summed E-state index contributed by atoms with van der Waals surface area (Å²) in [5.74, 6) is 1.47. The molecule has 5 heteroatoms. The molecule has 2 fully saturated rings. The lowest BCUT2D eigenvalue weighted by Crippen LogP contribution is -2.45. The van der Waals surface area contributed by atoms with Crippen LogP contribution in [-0.4, -0.2) is 29.6 Å². The minimum absolute atomic E-state index is 0.0113. The van der Waals surface area contributed by atoms with Gasteiger partial charge in [0.05, 0.1) is 6.42 Å². The Labute approximate surface area is 192 Å². The number of esters is 1. The highest BCUT2D eigenvalue weighted by Gasteiger charge is 2.56. The van der Waals surface area contributed by atoms with Gasteiger partial charge in [-0.25, -0.2) is 0 Å². The van der Waals surface area contributed by atoms with E-state index in [0.29, 0.717) is 24.3 Å². The number of rotatable bonds is 8. The van der Waals surface area contributed by atoms with E-state index in [9.17, 15) is 14.7 Å². The summed E-state index contributed by atoms with van der Waals surface area (Å²) < 4.78 is 5.98. The monoisotopic (exact) mass is 439 g/mol. The zero-order chi connectivity index (χ0) is 22.7. The minimum Gasteiger partial charge on any atom is -0.501 e. The molecule has 0 spiro atoms. The summed E-state index contributed by atoms with van der Waals surface area (Å²) in [4.78, 5) is 24.5. The van der Waals surface area contributed by atoms with Crippen molar-refractivity contribution in [2.24, 2.45) is 17.3 Å². The summed E-state index contributed by atoms with van der Waals surface area (Å²) in [6.45, 7) is 5.13. The van der Waals surface area contributed by atoms with Crippen LogP contribution in [0.2, 0.25) is 0 Å². The fraction of sp³-hybridized carbons (Fsp3) is 0.704. The molecule has 5 atom stereocenters. The maximum Gasteiger partial charge on any atom is 0.306 e. The van der Waals surface area contributed by atoms with Gasteiger partial charge in [-0.1, -0.05) is 32.8 Å². The van der Waals surface area contributed by atoms with E-state index >= 15 is 0 Å². The number of aromatic hydroxyl groups is 1. The first-order chi connectivity index (χ1) is 15.4. The Balaban J connectivity index is 1.31. The van der Waals surface area contributed by atoms with Crippen molar-refractivity contribution in [3.63, 3.8) is 0 Å². The maximum atomic E-state index is 12.5. The van der Waals surface area contributed by atoms with Crippen LogP contribution in [0.15, 0.2) is 6.07 Å². The van der Waals surface area contributed by atoms with Gasteiger partial charge in [-0.2, -0.15) is 0 Å². The van der Waals surface area contributed by atoms with Crippen LogP contribution >= 0.6 is 0 Å². The number of fused-ring (bicyclic) bond motifs is 5. The third kappa shape index (κ3) is 4.60. The molecule has 1 aromatic rings. The lowest BCUT2D eigenvalue weighted by Gasteiger charge is -2.50. The molecule has 0 radical (unpaired) electrons. The Bertz CT molecular complexity index is 837. The smallest absolute Gasteiger partial charge is 0.306 e. The fourth-order valence-electron chi connectivity index (χ4n) is 6.67. The number of aryl methyl sites for hydroxylation is 1. The average molecular weight is 440 g/mol. The van der Waals surface area contributed by atoms with Crippen LogP contribution in [0.25, 0.3) is 0 Å². The Morgan fingerprint density at radius 2 is 2.03 bits per heavy atom. The van der Waals surface area contributed by atoms with E-state index in [-0.39, 0.29) is 42.0 Å². The van der Waals surface area contributed by atoms with Crippen molar-refractivity contribution in [3.8, 4) is 5.75 Å². The maximum absolute atomic E-state index is 12.5. The molecule has 0 bridgehead atoms. The van der Waals surface area contributed by atoms with Gasteiger partial charge in [-0.15, -0.1) is 0 Å². The first-order valence-electron chi connectivity index (χ1n) is 12.5. The van der Waals surface area contributed by atoms with Crippen molar-refractivity contribution in [1.29, 1.82) is 0 Å². The normalized spacial score (nSPS) is 30.4. The van der Waals surface area contributed by atoms with Crippen molar-refractivity contribution >= 4 is 11.9 Å². The lowest BCUT2D eigenvalue weighted by molar-refractivity contribution is -0.158. The van der Waals surface area contributed by atoms with E-state index < -0.39 is 0 Å². The standard InChI is InChI=1S/C27H37NO4/c1-3-4-5-16-28-25(30)12-13-26(31)32-24-11-10-23-22-8-6-18-17-19(29)7-9-20(18)21(22)14-15-27(23,24)2/h17,21-24,29H,3-6,8,10-16H2,1-2H3,(H,28,30). The first-order valence-corrected chi connectivity index (χ1v) is 12.5. The van der Waals surface area contributed by atoms with Crippen molar-refractivity contribution in [2.45, 2.75) is 96.5 Å². The summed E-state index contributed by atoms with van der Waals surface area (Å²) in [5, 5.41) is 12.7. The lowest BCUT2D eigenvalue weighted by atomic mass is 9.55. The van der Waals surface area contributed by atoms with Crippen LogP contribution < -0.4 is 5.32 Å². The van der Waals surface area contributed by atoms with Gasteiger partial charge in [0, 0.05) is 23.9 Å². The molecular formula is C27H37NO4. The van der Waals surface area contributed by atoms with Crippen molar-refractivity contribution in [1.82, 2.24) is 5.32 Å². The van der Waals surface area contributed by atoms with Gasteiger partial charge in [0.15, 0.2) is 5.75 Å². The van der Waals surface area contributed by atoms with Gasteiger partial charge >= 0.3 is 5.97 Å². The SMILES string of the molecule is CCCCCNC(=O)CCC(=O)OC1CCC2C3CCc4cc(O)c#cc4C3CCC12C. The molecule has 2 saturated carbocycles. The van der Waals surface area contributed by atoms with E-state index in [4.69, 9.17) is 4.74 Å². The molecule has 5 nitrogen and oxygen atoms in total. The zero-order valence-corrected chi connectivity index (χ0v) is 19.5. The summed E-state index contributed by atoms with van der Waals surface area (Å²) in [5.41, 5.74) is 2.48. The Morgan fingerprint density at radius 3 is 2.84 bits per heavy atom. The number of carbonyl (C=O) groups is 2. The molecule has 0 heterocycles. The van der Waals surface area contributed by atoms with Crippen molar-refractivity contribution in [3.05, 3.63) is 29.3 Å². The van der Waals surface area contributed by atoms with Gasteiger partial charge in [0.1, 0.15) is 6.10 Å². The van der Waals surface area contributed by atoms with Gasteiger partial charge in [-0.3, -0.25) is 9.59 Å². The number of hydrogen-bond acceptors (Lipinski definition) is 4. The van der Waals surface area contributed by atoms with E-state index in [2.05, 4.69) is 31.3 Å². The third-order valence-electron chi connectivity index (χ3n) is 8.38. The summed E-state index contributed by atoms with van der Waals surface area (Å²) in [6, 6.07) is 7.97. The number of carbonyl (C=O) groups excluding carboxylic acids is 2. The molecule has 174 valence electrons. The molecule has 0 aliphatic heterocycles. The highest BCUT2D eigenvalue weighted by molar-refractivity contribution is 5.81. The zero-order valence-electron chi connectivity index (χ0n) is 19.5. The topological polar surface area (TPSA) is 75.6 Å². The highest BCUT2D eigenvalue weighted by Crippen LogP contribution is 2.61. The number of amides is 1. The van der Waals surface area contributed by atoms with E-state index in [1.54, 1.807) is 0 Å². The summed E-state index contributed by atoms with van der Waals surface area (Å²) in [6.07, 6.45) is 9.71. The second-order valence-electron chi connectivity index (χ2n) is 10.3. The highest BCUT2D eigenvalue weighted by atomic mass is 16.5. The number of hydrogen-bond donors (Lipinski definition) is 2. The predicted octanol–water partition coefficient (Wildman–Crippen LogP) is 4.85. The molecule has 1 aromatic carbocycles. The minimum atomic E-state index is -0.241. The number of nitrogens with one attached hydrogen (secondary N) is 1. The van der Waals surface area contributed by atoms with Gasteiger partial charge in [-0.05, 0) is 80.4 Å². The van der Waals surface area contributed by atoms with E-state index in [1.165, 1.54) is 11.1 Å². The van der Waals surface area contributed by atoms with Crippen LogP contribution in [0.3, 0.4) is 0 Å². The van der Waals surface area contributed by atoms with Crippen LogP contribution in [0.5, 0.6) is 5.75 Å². The van der Waals surface area contributed by atoms with Crippen molar-refractivity contribution < 1.29 is 19.4 Å². The van der Waals surface area contributed by atoms with Gasteiger partial charge in [0.25, 0.3) is 0 Å². The van der Waals surface area contributed by atoms with E-state index in [1.807, 2.05) is 6.07 Å². The Morgan fingerprint density at radius 1 is 1.19 bits per heavy atom. The molecule has 32 heavy (non-hydrogen) atoms. The Kier molecular flexibility index (Phi) is 6.98. The molecule has 0 saturated heterocycles. The van der Waals surface area contributed by atoms with Gasteiger partial charge < -0.3 is 15.2 Å². The molecule has 4 rings (SSSR count).